The Kier molecular flexibility index (Phi) is 19.5. The van der Waals surface area contributed by atoms with Crippen molar-refractivity contribution >= 4 is 35.8 Å². The number of carboxylic acid groups (broad SMARTS) is 2. The van der Waals surface area contributed by atoms with Gasteiger partial charge in [-0.1, -0.05) is 78.1 Å². The van der Waals surface area contributed by atoms with Gasteiger partial charge in [0.05, 0.1) is 0 Å². The minimum atomic E-state index is -1.06. The summed E-state index contributed by atoms with van der Waals surface area (Å²) in [5.74, 6) is -2.13. The van der Waals surface area contributed by atoms with Gasteiger partial charge in [0.1, 0.15) is 0 Å². The zero-order valence-corrected chi connectivity index (χ0v) is 15.6. The van der Waals surface area contributed by atoms with Crippen LogP contribution in [0.4, 0.5) is 0 Å². The molecule has 25 heavy (non-hydrogen) atoms. The molecule has 0 unspecified atom stereocenters. The maximum atomic E-state index is 11.5. The molecule has 0 fully saturated rings. The second-order valence-corrected chi connectivity index (χ2v) is 6.60. The number of unbranched alkanes of at least 4 members (excludes halogenated alkanes) is 10. The molecule has 0 aromatic carbocycles. The van der Waals surface area contributed by atoms with Crippen LogP contribution in [0.5, 0.6) is 0 Å². The van der Waals surface area contributed by atoms with E-state index in [4.69, 9.17) is 0 Å². The van der Waals surface area contributed by atoms with E-state index >= 15 is 0 Å². The molecule has 5 heteroatoms. The fourth-order valence-electron chi connectivity index (χ4n) is 2.94. The third-order valence-electron chi connectivity index (χ3n) is 4.44. The third-order valence-corrected chi connectivity index (χ3v) is 4.44. The number of carbonyl (C=O) groups is 2. The summed E-state index contributed by atoms with van der Waals surface area (Å²) >= 11 is 0. The van der Waals surface area contributed by atoms with Gasteiger partial charge >= 0.3 is 35.8 Å². The first-order chi connectivity index (χ1) is 11.5. The summed E-state index contributed by atoms with van der Waals surface area (Å²) in [6, 6.07) is 0. The molecule has 4 nitrogen and oxygen atoms in total. The van der Waals surface area contributed by atoms with E-state index in [-0.39, 0.29) is 35.1 Å². The molecule has 0 spiro atoms. The van der Waals surface area contributed by atoms with Crippen LogP contribution in [0.2, 0.25) is 0 Å². The second-order valence-electron chi connectivity index (χ2n) is 6.60. The molecule has 0 aromatic heterocycles. The molecule has 148 valence electrons. The van der Waals surface area contributed by atoms with E-state index in [1.54, 1.807) is 0 Å². The van der Waals surface area contributed by atoms with Gasteiger partial charge in [0.2, 0.25) is 0 Å². The van der Waals surface area contributed by atoms with Crippen LogP contribution in [0.15, 0.2) is 11.1 Å². The average Bonchev–Trinajstić information content (AvgIpc) is 2.54. The number of carboxylic acids is 2. The summed E-state index contributed by atoms with van der Waals surface area (Å²) in [5.41, 5.74) is 0.234. The van der Waals surface area contributed by atoms with Gasteiger partial charge in [0, 0.05) is 11.1 Å². The molecule has 0 aliphatic heterocycles. The topological polar surface area (TPSA) is 74.6 Å². The van der Waals surface area contributed by atoms with Crippen molar-refractivity contribution in [2.45, 2.75) is 104 Å². The summed E-state index contributed by atoms with van der Waals surface area (Å²) in [6.07, 6.45) is 13.5. The van der Waals surface area contributed by atoms with Crippen LogP contribution in [0.25, 0.3) is 0 Å². The van der Waals surface area contributed by atoms with Gasteiger partial charge in [-0.15, -0.1) is 0 Å². The standard InChI is InChI=1S/C20H36O4.Sn.4H/c1-3-5-7-9-11-13-15-17(19(21)22)18(20(23)24)16-14-12-10-8-6-4-2;;;;;/h3-16H2,1-2H3,(H,21,22)(H,23,24);;;;;/b18-17-;;;;;. The van der Waals surface area contributed by atoms with Gasteiger partial charge in [0.15, 0.2) is 0 Å². The van der Waals surface area contributed by atoms with Crippen LogP contribution in [0, 0.1) is 0 Å². The molecule has 0 saturated carbocycles. The predicted molar refractivity (Wildman–Crippen MR) is 110 cm³/mol. The average molecular weight is 463 g/mol. The van der Waals surface area contributed by atoms with E-state index in [1.165, 1.54) is 38.5 Å². The van der Waals surface area contributed by atoms with Gasteiger partial charge < -0.3 is 10.2 Å². The van der Waals surface area contributed by atoms with Gasteiger partial charge in [-0.05, 0) is 25.7 Å². The summed E-state index contributed by atoms with van der Waals surface area (Å²) < 4.78 is 0. The van der Waals surface area contributed by atoms with Crippen molar-refractivity contribution in [2.24, 2.45) is 0 Å². The van der Waals surface area contributed by atoms with Gasteiger partial charge in [-0.2, -0.15) is 0 Å². The fourth-order valence-corrected chi connectivity index (χ4v) is 2.94. The van der Waals surface area contributed by atoms with Crippen LogP contribution < -0.4 is 0 Å². The van der Waals surface area contributed by atoms with Crippen molar-refractivity contribution in [3.63, 3.8) is 0 Å². The summed E-state index contributed by atoms with van der Waals surface area (Å²) in [5, 5.41) is 18.8. The fraction of sp³-hybridized carbons (Fsp3) is 0.800. The molecule has 0 aliphatic rings. The first-order valence-corrected chi connectivity index (χ1v) is 9.73. The number of hydrogen-bond acceptors (Lipinski definition) is 2. The van der Waals surface area contributed by atoms with Crippen molar-refractivity contribution in [3.8, 4) is 0 Å². The van der Waals surface area contributed by atoms with Crippen molar-refractivity contribution < 1.29 is 19.8 Å². The zero-order valence-electron chi connectivity index (χ0n) is 15.6. The Balaban J connectivity index is 0. The summed E-state index contributed by atoms with van der Waals surface area (Å²) in [7, 11) is 0. The number of hydrogen-bond donors (Lipinski definition) is 2. The molecule has 0 amide bonds. The molecule has 0 aromatic rings. The van der Waals surface area contributed by atoms with E-state index in [0.29, 0.717) is 12.8 Å². The van der Waals surface area contributed by atoms with E-state index in [0.717, 1.165) is 38.5 Å². The maximum absolute atomic E-state index is 11.5. The Morgan fingerprint density at radius 3 is 1.12 bits per heavy atom. The summed E-state index contributed by atoms with van der Waals surface area (Å²) in [4.78, 5) is 22.9. The molecule has 0 aliphatic carbocycles. The van der Waals surface area contributed by atoms with Gasteiger partial charge in [0.25, 0.3) is 0 Å². The van der Waals surface area contributed by atoms with Crippen LogP contribution in [-0.2, 0) is 9.59 Å². The summed E-state index contributed by atoms with van der Waals surface area (Å²) in [6.45, 7) is 4.32. The van der Waals surface area contributed by atoms with E-state index in [1.807, 2.05) is 0 Å². The first kappa shape index (κ1) is 26.7. The molecule has 0 heterocycles. The molecular formula is C20H40O4Sn. The van der Waals surface area contributed by atoms with E-state index in [2.05, 4.69) is 13.8 Å². The van der Waals surface area contributed by atoms with Crippen molar-refractivity contribution in [1.82, 2.24) is 0 Å². The molecule has 0 rings (SSSR count). The second kappa shape index (κ2) is 18.3. The van der Waals surface area contributed by atoms with Crippen LogP contribution in [-0.4, -0.2) is 46.1 Å². The zero-order chi connectivity index (χ0) is 18.2. The van der Waals surface area contributed by atoms with Crippen LogP contribution in [0.1, 0.15) is 104 Å². The molecule has 0 atom stereocenters. The SMILES string of the molecule is CCCCCCCC/C(C(=O)O)=C(\CCCCCCCC)C(=O)O.[SnH4]. The Bertz CT molecular complexity index is 355. The van der Waals surface area contributed by atoms with Gasteiger partial charge in [-0.25, -0.2) is 9.59 Å². The van der Waals surface area contributed by atoms with Crippen molar-refractivity contribution in [3.05, 3.63) is 11.1 Å². The van der Waals surface area contributed by atoms with Crippen LogP contribution >= 0.6 is 0 Å². The van der Waals surface area contributed by atoms with Crippen LogP contribution in [0.3, 0.4) is 0 Å². The number of aliphatic carboxylic acids is 2. The molecule has 0 saturated heterocycles. The molecule has 2 N–H and O–H groups in total. The normalized spacial score (nSPS) is 11.6. The van der Waals surface area contributed by atoms with E-state index in [9.17, 15) is 19.8 Å². The molecular weight excluding hydrogens is 423 g/mol. The predicted octanol–water partition coefficient (Wildman–Crippen LogP) is 4.50. The quantitative estimate of drug-likeness (QED) is 0.201. The Morgan fingerprint density at radius 1 is 0.560 bits per heavy atom. The third kappa shape index (κ3) is 14.3. The van der Waals surface area contributed by atoms with E-state index < -0.39 is 11.9 Å². The monoisotopic (exact) mass is 464 g/mol. The Morgan fingerprint density at radius 2 is 0.840 bits per heavy atom. The Labute approximate surface area is 170 Å². The Hall–Kier alpha value is -0.521. The van der Waals surface area contributed by atoms with Crippen molar-refractivity contribution in [2.75, 3.05) is 0 Å². The van der Waals surface area contributed by atoms with Crippen molar-refractivity contribution in [1.29, 1.82) is 0 Å². The molecule has 0 radical (unpaired) electrons. The van der Waals surface area contributed by atoms with Gasteiger partial charge in [-0.3, -0.25) is 0 Å². The first-order valence-electron chi connectivity index (χ1n) is 9.73. The minimum absolute atomic E-state index is 0. The number of rotatable bonds is 16. The molecule has 0 bridgehead atoms.